The SMILES string of the molecule is CC(CN1CCc2ccccc2C1)NCc1nnc(-c2ccccc2)o1. The quantitative estimate of drug-likeness (QED) is 0.741. The number of hydrogen-bond acceptors (Lipinski definition) is 5. The number of nitrogens with one attached hydrogen (secondary N) is 1. The molecular weight excluding hydrogens is 324 g/mol. The minimum Gasteiger partial charge on any atom is -0.419 e. The minimum atomic E-state index is 0.354. The van der Waals surface area contributed by atoms with Crippen molar-refractivity contribution >= 4 is 0 Å². The fourth-order valence-electron chi connectivity index (χ4n) is 3.45. The number of nitrogens with zero attached hydrogens (tertiary/aromatic N) is 3. The average Bonchev–Trinajstić information content (AvgIpc) is 3.16. The van der Waals surface area contributed by atoms with Crippen molar-refractivity contribution in [3.8, 4) is 11.5 Å². The Morgan fingerprint density at radius 3 is 2.65 bits per heavy atom. The first-order chi connectivity index (χ1) is 12.8. The summed E-state index contributed by atoms with van der Waals surface area (Å²) in [6, 6.07) is 19.0. The van der Waals surface area contributed by atoms with E-state index in [-0.39, 0.29) is 0 Å². The molecule has 0 fully saturated rings. The van der Waals surface area contributed by atoms with Crippen LogP contribution < -0.4 is 5.32 Å². The van der Waals surface area contributed by atoms with Crippen LogP contribution in [0, 0.1) is 0 Å². The van der Waals surface area contributed by atoms with Gasteiger partial charge in [-0.15, -0.1) is 10.2 Å². The largest absolute Gasteiger partial charge is 0.419 e. The molecule has 4 rings (SSSR count). The van der Waals surface area contributed by atoms with Crippen molar-refractivity contribution in [1.82, 2.24) is 20.4 Å². The molecule has 0 aliphatic carbocycles. The highest BCUT2D eigenvalue weighted by Gasteiger charge is 2.18. The van der Waals surface area contributed by atoms with E-state index in [1.165, 1.54) is 11.1 Å². The third-order valence-electron chi connectivity index (χ3n) is 4.83. The summed E-state index contributed by atoms with van der Waals surface area (Å²) in [6.45, 7) is 5.94. The number of benzene rings is 2. The van der Waals surface area contributed by atoms with Crippen LogP contribution in [0.3, 0.4) is 0 Å². The first-order valence-corrected chi connectivity index (χ1v) is 9.18. The van der Waals surface area contributed by atoms with Crippen LogP contribution in [0.1, 0.15) is 23.9 Å². The summed E-state index contributed by atoms with van der Waals surface area (Å²) in [6.07, 6.45) is 1.13. The van der Waals surface area contributed by atoms with E-state index in [9.17, 15) is 0 Å². The molecule has 1 N–H and O–H groups in total. The molecule has 0 saturated heterocycles. The average molecular weight is 348 g/mol. The topological polar surface area (TPSA) is 54.2 Å². The molecule has 2 heterocycles. The Bertz CT molecular complexity index is 846. The Balaban J connectivity index is 1.28. The third kappa shape index (κ3) is 4.00. The van der Waals surface area contributed by atoms with Crippen molar-refractivity contribution in [3.05, 3.63) is 71.6 Å². The van der Waals surface area contributed by atoms with E-state index in [0.717, 1.165) is 31.6 Å². The second kappa shape index (κ2) is 7.81. The van der Waals surface area contributed by atoms with E-state index in [1.807, 2.05) is 30.3 Å². The van der Waals surface area contributed by atoms with Gasteiger partial charge in [-0.3, -0.25) is 4.90 Å². The van der Waals surface area contributed by atoms with Gasteiger partial charge in [-0.1, -0.05) is 42.5 Å². The van der Waals surface area contributed by atoms with Crippen LogP contribution in [0.4, 0.5) is 0 Å². The van der Waals surface area contributed by atoms with E-state index in [4.69, 9.17) is 4.42 Å². The van der Waals surface area contributed by atoms with E-state index in [0.29, 0.717) is 24.4 Å². The fraction of sp³-hybridized carbons (Fsp3) is 0.333. The predicted octanol–water partition coefficient (Wildman–Crippen LogP) is 3.27. The molecule has 0 amide bonds. The summed E-state index contributed by atoms with van der Waals surface area (Å²) >= 11 is 0. The molecule has 1 aliphatic rings. The van der Waals surface area contributed by atoms with Gasteiger partial charge in [0, 0.05) is 31.2 Å². The van der Waals surface area contributed by atoms with Gasteiger partial charge in [0.25, 0.3) is 0 Å². The van der Waals surface area contributed by atoms with E-state index < -0.39 is 0 Å². The van der Waals surface area contributed by atoms with Crippen LogP contribution in [0.5, 0.6) is 0 Å². The molecule has 134 valence electrons. The summed E-state index contributed by atoms with van der Waals surface area (Å²) in [5, 5.41) is 11.8. The molecule has 1 atom stereocenters. The minimum absolute atomic E-state index is 0.354. The van der Waals surface area contributed by atoms with E-state index in [2.05, 4.69) is 51.6 Å². The van der Waals surface area contributed by atoms with Crippen LogP contribution in [0.2, 0.25) is 0 Å². The molecular formula is C21H24N4O. The maximum Gasteiger partial charge on any atom is 0.247 e. The van der Waals surface area contributed by atoms with E-state index >= 15 is 0 Å². The molecule has 1 aromatic heterocycles. The fourth-order valence-corrected chi connectivity index (χ4v) is 3.45. The number of rotatable bonds is 6. The van der Waals surface area contributed by atoms with Crippen LogP contribution in [0.15, 0.2) is 59.0 Å². The number of hydrogen-bond donors (Lipinski definition) is 1. The molecule has 26 heavy (non-hydrogen) atoms. The van der Waals surface area contributed by atoms with Crippen molar-refractivity contribution < 1.29 is 4.42 Å². The molecule has 0 radical (unpaired) electrons. The third-order valence-corrected chi connectivity index (χ3v) is 4.83. The lowest BCUT2D eigenvalue weighted by atomic mass is 10.00. The van der Waals surface area contributed by atoms with Crippen molar-refractivity contribution in [2.45, 2.75) is 32.5 Å². The molecule has 5 nitrogen and oxygen atoms in total. The summed E-state index contributed by atoms with van der Waals surface area (Å²) in [5.41, 5.74) is 3.89. The summed E-state index contributed by atoms with van der Waals surface area (Å²) < 4.78 is 5.76. The maximum atomic E-state index is 5.76. The maximum absolute atomic E-state index is 5.76. The van der Waals surface area contributed by atoms with Gasteiger partial charge in [0.15, 0.2) is 0 Å². The van der Waals surface area contributed by atoms with E-state index in [1.54, 1.807) is 0 Å². The second-order valence-electron chi connectivity index (χ2n) is 6.90. The first kappa shape index (κ1) is 16.9. The summed E-state index contributed by atoms with van der Waals surface area (Å²) in [7, 11) is 0. The molecule has 5 heteroatoms. The lowest BCUT2D eigenvalue weighted by molar-refractivity contribution is 0.227. The normalized spacial score (nSPS) is 15.6. The van der Waals surface area contributed by atoms with Crippen LogP contribution in [-0.4, -0.2) is 34.2 Å². The van der Waals surface area contributed by atoms with Gasteiger partial charge < -0.3 is 9.73 Å². The zero-order valence-electron chi connectivity index (χ0n) is 15.1. The molecule has 1 aliphatic heterocycles. The van der Waals surface area contributed by atoms with Gasteiger partial charge in [-0.2, -0.15) is 0 Å². The zero-order valence-corrected chi connectivity index (χ0v) is 15.1. The second-order valence-corrected chi connectivity index (χ2v) is 6.90. The highest BCUT2D eigenvalue weighted by molar-refractivity contribution is 5.51. The molecule has 0 spiro atoms. The summed E-state index contributed by atoms with van der Waals surface area (Å²) in [5.74, 6) is 1.20. The Morgan fingerprint density at radius 2 is 1.81 bits per heavy atom. The highest BCUT2D eigenvalue weighted by Crippen LogP contribution is 2.19. The predicted molar refractivity (Wildman–Crippen MR) is 101 cm³/mol. The summed E-state index contributed by atoms with van der Waals surface area (Å²) in [4.78, 5) is 2.50. The lowest BCUT2D eigenvalue weighted by Gasteiger charge is -2.31. The first-order valence-electron chi connectivity index (χ1n) is 9.18. The van der Waals surface area contributed by atoms with Crippen molar-refractivity contribution in [1.29, 1.82) is 0 Å². The van der Waals surface area contributed by atoms with Gasteiger partial charge in [-0.25, -0.2) is 0 Å². The highest BCUT2D eigenvalue weighted by atomic mass is 16.4. The monoisotopic (exact) mass is 348 g/mol. The number of fused-ring (bicyclic) bond motifs is 1. The molecule has 1 unspecified atom stereocenters. The van der Waals surface area contributed by atoms with Gasteiger partial charge >= 0.3 is 0 Å². The smallest absolute Gasteiger partial charge is 0.247 e. The van der Waals surface area contributed by atoms with Crippen LogP contribution in [0.25, 0.3) is 11.5 Å². The van der Waals surface area contributed by atoms with Crippen LogP contribution >= 0.6 is 0 Å². The standard InChI is InChI=1S/C21H24N4O/c1-16(14-25-12-11-17-7-5-6-10-19(17)15-25)22-13-20-23-24-21(26-20)18-8-3-2-4-9-18/h2-10,16,22H,11-15H2,1H3. The Kier molecular flexibility index (Phi) is 5.09. The van der Waals surface area contributed by atoms with Crippen molar-refractivity contribution in [2.75, 3.05) is 13.1 Å². The van der Waals surface area contributed by atoms with Gasteiger partial charge in [0.05, 0.1) is 6.54 Å². The Hall–Kier alpha value is -2.50. The lowest BCUT2D eigenvalue weighted by Crippen LogP contribution is -2.41. The van der Waals surface area contributed by atoms with Gasteiger partial charge in [0.1, 0.15) is 0 Å². The molecule has 0 saturated carbocycles. The van der Waals surface area contributed by atoms with Gasteiger partial charge in [-0.05, 0) is 36.6 Å². The van der Waals surface area contributed by atoms with Crippen LogP contribution in [-0.2, 0) is 19.5 Å². The number of aromatic nitrogens is 2. The molecule has 2 aromatic carbocycles. The van der Waals surface area contributed by atoms with Gasteiger partial charge in [0.2, 0.25) is 11.8 Å². The molecule has 3 aromatic rings. The Labute approximate surface area is 154 Å². The van der Waals surface area contributed by atoms with Crippen molar-refractivity contribution in [2.24, 2.45) is 0 Å². The zero-order chi connectivity index (χ0) is 17.8. The Morgan fingerprint density at radius 1 is 1.04 bits per heavy atom. The van der Waals surface area contributed by atoms with Crippen molar-refractivity contribution in [3.63, 3.8) is 0 Å². The molecule has 0 bridgehead atoms.